The molecule has 26 valence electrons. The van der Waals surface area contributed by atoms with Gasteiger partial charge in [-0.3, -0.25) is 0 Å². The smallest absolute Gasteiger partial charge is 1.00 e. The summed E-state index contributed by atoms with van der Waals surface area (Å²) in [4.78, 5) is 0. The minimum atomic E-state index is 0. The third-order valence-electron chi connectivity index (χ3n) is 0.500. The average molecular weight is 98.2 g/mol. The van der Waals surface area contributed by atoms with Crippen LogP contribution in [0.25, 0.3) is 0 Å². The van der Waals surface area contributed by atoms with Crippen molar-refractivity contribution < 1.29 is 20.3 Å². The molecule has 0 unspecified atom stereocenters. The normalized spacial score (nSPS) is 28.8. The fourth-order valence-corrected chi connectivity index (χ4v) is 1.12. The van der Waals surface area contributed by atoms with E-state index in [2.05, 4.69) is 9.30 Å². The summed E-state index contributed by atoms with van der Waals surface area (Å²) in [6, 6.07) is 0. The summed E-state index contributed by atoms with van der Waals surface area (Å²) < 4.78 is 6.56. The number of hydrogen-bond acceptors (Lipinski definition) is 2. The molecule has 0 amide bonds. The van der Waals surface area contributed by atoms with E-state index in [9.17, 15) is 0 Å². The number of nitrogens with one attached hydrogen (secondary N) is 2. The molecule has 1 rings (SSSR count). The van der Waals surface area contributed by atoms with Crippen molar-refractivity contribution in [1.29, 1.82) is 0 Å². The van der Waals surface area contributed by atoms with E-state index in [0.29, 0.717) is 0 Å². The molecule has 0 spiro atoms. The van der Waals surface area contributed by atoms with Gasteiger partial charge in [0.05, 0.1) is 0 Å². The van der Waals surface area contributed by atoms with E-state index in [-0.39, 0.29) is 40.0 Å². The van der Waals surface area contributed by atoms with Crippen LogP contribution in [0.4, 0.5) is 0 Å². The summed E-state index contributed by atoms with van der Waals surface area (Å²) in [5, 5.41) is 0. The molecule has 2 nitrogen and oxygen atoms in total. The topological polar surface area (TPSA) is 24.1 Å². The fourth-order valence-electron chi connectivity index (χ4n) is 0.125. The predicted molar refractivity (Wildman–Crippen MR) is 24.5 cm³/mol. The van der Waals surface area contributed by atoms with Gasteiger partial charge >= 0.3 is 18.9 Å². The van der Waals surface area contributed by atoms with Gasteiger partial charge in [-0.1, -0.05) is 0 Å². The van der Waals surface area contributed by atoms with Crippen LogP contribution in [-0.4, -0.2) is 19.7 Å². The summed E-state index contributed by atoms with van der Waals surface area (Å²) in [5.41, 5.74) is 0. The first-order valence-corrected chi connectivity index (χ1v) is 4.24. The summed E-state index contributed by atoms with van der Waals surface area (Å²) in [6.45, 7) is 0. The molecule has 0 aromatic heterocycles. The molecule has 0 aromatic carbocycles. The summed E-state index contributed by atoms with van der Waals surface area (Å²) in [5.74, 6) is 0. The van der Waals surface area contributed by atoms with Crippen molar-refractivity contribution in [3.63, 3.8) is 0 Å². The molecule has 5 heteroatoms. The summed E-state index contributed by atoms with van der Waals surface area (Å²) >= 11 is 0. The Morgan fingerprint density at radius 3 is 1.40 bits per heavy atom. The van der Waals surface area contributed by atoms with E-state index in [4.69, 9.17) is 0 Å². The zero-order valence-corrected chi connectivity index (χ0v) is 6.24. The molecule has 2 N–H and O–H groups in total. The van der Waals surface area contributed by atoms with Crippen LogP contribution in [0.15, 0.2) is 0 Å². The van der Waals surface area contributed by atoms with Crippen LogP contribution in [-0.2, 0) is 0 Å². The first kappa shape index (κ1) is 5.95. The second-order valence-corrected chi connectivity index (χ2v) is 5.56. The van der Waals surface area contributed by atoms with Crippen LogP contribution in [0, 0.1) is 0 Å². The molecule has 0 atom stereocenters. The minimum Gasteiger partial charge on any atom is -1.00 e. The van der Waals surface area contributed by atoms with Crippen LogP contribution in [0.1, 0.15) is 1.43 Å². The summed E-state index contributed by atoms with van der Waals surface area (Å²) in [7, 11) is 0.333. The molecule has 1 fully saturated rings. The first-order valence-electron chi connectivity index (χ1n) is 1.41. The van der Waals surface area contributed by atoms with Crippen molar-refractivity contribution in [2.45, 2.75) is 0 Å². The molecule has 1 aliphatic heterocycles. The maximum Gasteiger partial charge on any atom is 1.00 e. The van der Waals surface area contributed by atoms with Crippen molar-refractivity contribution >= 4 is 19.7 Å². The standard InChI is InChI=1S/Li.H6N2Si2.H/c;1-3-2-4-1;/h;1-2H,3-4H2;/q+1;;-1. The molecule has 1 aliphatic rings. The fraction of sp³-hybridized carbons (Fsp3) is 0. The molecule has 0 aromatic rings. The second kappa shape index (κ2) is 3.15. The van der Waals surface area contributed by atoms with Crippen LogP contribution >= 0.6 is 0 Å². The first-order chi connectivity index (χ1) is 2.00. The Labute approximate surface area is 49.7 Å². The van der Waals surface area contributed by atoms with Crippen LogP contribution in [0.5, 0.6) is 0 Å². The molecule has 1 saturated heterocycles. The molecule has 1 heterocycles. The van der Waals surface area contributed by atoms with Crippen molar-refractivity contribution in [3.8, 4) is 0 Å². The molecule has 0 aliphatic carbocycles. The van der Waals surface area contributed by atoms with Gasteiger partial charge in [0.1, 0.15) is 0 Å². The maximum atomic E-state index is 3.28. The zero-order chi connectivity index (χ0) is 2.83. The average Bonchev–Trinajstić information content (AvgIpc) is 0.722. The van der Waals surface area contributed by atoms with Crippen molar-refractivity contribution in [2.75, 3.05) is 0 Å². The van der Waals surface area contributed by atoms with Crippen molar-refractivity contribution in [2.24, 2.45) is 0 Å². The minimum absolute atomic E-state index is 0. The largest absolute Gasteiger partial charge is 1.00 e. The van der Waals surface area contributed by atoms with E-state index in [1.54, 1.807) is 0 Å². The SMILES string of the molecule is N1[SiH2]N[SiH2]1.[H-].[Li+]. The van der Waals surface area contributed by atoms with E-state index >= 15 is 0 Å². The monoisotopic (exact) mass is 98.0 g/mol. The van der Waals surface area contributed by atoms with Gasteiger partial charge in [0.2, 0.25) is 0 Å². The third kappa shape index (κ3) is 1.76. The van der Waals surface area contributed by atoms with Gasteiger partial charge in [-0.05, 0) is 0 Å². The van der Waals surface area contributed by atoms with E-state index in [0.717, 1.165) is 0 Å². The quantitative estimate of drug-likeness (QED) is 0.295. The van der Waals surface area contributed by atoms with E-state index in [1.165, 1.54) is 0 Å². The van der Waals surface area contributed by atoms with Crippen molar-refractivity contribution in [3.05, 3.63) is 0 Å². The Kier molecular flexibility index (Phi) is 3.75. The predicted octanol–water partition coefficient (Wildman–Crippen LogP) is -5.71. The van der Waals surface area contributed by atoms with Gasteiger partial charge in [0.25, 0.3) is 0 Å². The number of rotatable bonds is 0. The van der Waals surface area contributed by atoms with Crippen LogP contribution in [0.2, 0.25) is 0 Å². The Morgan fingerprint density at radius 2 is 1.40 bits per heavy atom. The molecule has 0 radical (unpaired) electrons. The Hall–Kier alpha value is 0.951. The van der Waals surface area contributed by atoms with E-state index in [1.807, 2.05) is 0 Å². The van der Waals surface area contributed by atoms with Crippen molar-refractivity contribution in [1.82, 2.24) is 9.30 Å². The van der Waals surface area contributed by atoms with Gasteiger partial charge in [-0.2, -0.15) is 0 Å². The Morgan fingerprint density at radius 1 is 1.20 bits per heavy atom. The molecule has 5 heavy (non-hydrogen) atoms. The van der Waals surface area contributed by atoms with Gasteiger partial charge in [-0.15, -0.1) is 0 Å². The maximum absolute atomic E-state index is 3.28. The Bertz CT molecular complexity index is 19.5. The second-order valence-electron chi connectivity index (χ2n) is 0.854. The summed E-state index contributed by atoms with van der Waals surface area (Å²) in [6.07, 6.45) is 0. The van der Waals surface area contributed by atoms with Gasteiger partial charge in [-0.25, -0.2) is 0 Å². The molecule has 0 saturated carbocycles. The Balaban J connectivity index is 0. The van der Waals surface area contributed by atoms with Gasteiger partial charge < -0.3 is 10.7 Å². The van der Waals surface area contributed by atoms with Gasteiger partial charge in [0, 0.05) is 0 Å². The molecule has 0 bridgehead atoms. The van der Waals surface area contributed by atoms with Crippen LogP contribution in [0.3, 0.4) is 0 Å². The molecular weight excluding hydrogens is 91.1 g/mol. The van der Waals surface area contributed by atoms with Crippen LogP contribution < -0.4 is 28.2 Å². The zero-order valence-electron chi connectivity index (χ0n) is 4.41. The van der Waals surface area contributed by atoms with Gasteiger partial charge in [0.15, 0.2) is 19.7 Å². The third-order valence-corrected chi connectivity index (χ3v) is 4.50. The molecular formula is H7LiN2Si2. The van der Waals surface area contributed by atoms with E-state index < -0.39 is 0 Å². The number of hydrogen-bond donors (Lipinski definition) is 2.